The van der Waals surface area contributed by atoms with Crippen molar-refractivity contribution in [2.75, 3.05) is 13.6 Å². The van der Waals surface area contributed by atoms with Crippen LogP contribution >= 0.6 is 11.6 Å². The zero-order valence-corrected chi connectivity index (χ0v) is 17.5. The maximum absolute atomic E-state index is 12.9. The molecular weight excluding hydrogens is 402 g/mol. The number of H-pyrrole nitrogens is 1. The van der Waals surface area contributed by atoms with Gasteiger partial charge in [0.15, 0.2) is 0 Å². The number of hydrogen-bond donors (Lipinski definition) is 3. The lowest BCUT2D eigenvalue weighted by molar-refractivity contribution is 0.0949. The lowest BCUT2D eigenvalue weighted by atomic mass is 10.0. The molecule has 0 aliphatic carbocycles. The van der Waals surface area contributed by atoms with Crippen LogP contribution in [0.25, 0.3) is 22.0 Å². The fourth-order valence-electron chi connectivity index (χ4n) is 3.72. The summed E-state index contributed by atoms with van der Waals surface area (Å²) in [5.41, 5.74) is 3.00. The molecule has 0 saturated carbocycles. The fraction of sp³-hybridized carbons (Fsp3) is 0.261. The number of amides is 1. The van der Waals surface area contributed by atoms with Crippen LogP contribution in [-0.4, -0.2) is 24.5 Å². The van der Waals surface area contributed by atoms with Crippen LogP contribution in [0.15, 0.2) is 64.0 Å². The van der Waals surface area contributed by atoms with E-state index in [0.717, 1.165) is 47.1 Å². The summed E-state index contributed by atoms with van der Waals surface area (Å²) in [6, 6.07) is 11.4. The lowest BCUT2D eigenvalue weighted by Gasteiger charge is -2.13. The number of carbonyl (C=O) groups is 1. The van der Waals surface area contributed by atoms with Crippen LogP contribution in [0.5, 0.6) is 0 Å². The minimum absolute atomic E-state index is 0.144. The third-order valence-corrected chi connectivity index (χ3v) is 5.47. The number of nitrogens with one attached hydrogen (secondary N) is 3. The molecule has 7 heteroatoms. The Morgan fingerprint density at radius 1 is 1.20 bits per heavy atom. The molecular formula is C23H24ClN3O3. The molecule has 4 rings (SSSR count). The van der Waals surface area contributed by atoms with Crippen LogP contribution in [0.1, 0.15) is 41.6 Å². The van der Waals surface area contributed by atoms with Gasteiger partial charge in [0.05, 0.1) is 24.8 Å². The monoisotopic (exact) mass is 425 g/mol. The number of fused-ring (bicyclic) bond motifs is 1. The Bertz CT molecular complexity index is 1100. The van der Waals surface area contributed by atoms with Gasteiger partial charge < -0.3 is 24.5 Å². The normalized spacial score (nSPS) is 12.3. The van der Waals surface area contributed by atoms with E-state index >= 15 is 0 Å². The van der Waals surface area contributed by atoms with Crippen LogP contribution in [-0.2, 0) is 0 Å². The van der Waals surface area contributed by atoms with Gasteiger partial charge in [0, 0.05) is 33.6 Å². The molecule has 0 bridgehead atoms. The molecule has 0 aliphatic rings. The second-order valence-corrected chi connectivity index (χ2v) is 7.62. The first-order chi connectivity index (χ1) is 14.7. The average Bonchev–Trinajstić information content (AvgIpc) is 3.50. The highest BCUT2D eigenvalue weighted by Gasteiger charge is 2.20. The summed E-state index contributed by atoms with van der Waals surface area (Å²) >= 11 is 6.18. The minimum Gasteiger partial charge on any atom is -0.472 e. The summed E-state index contributed by atoms with van der Waals surface area (Å²) in [5.74, 6) is 0.790. The van der Waals surface area contributed by atoms with E-state index in [0.29, 0.717) is 17.3 Å². The number of benzene rings is 1. The number of aromatic amines is 1. The van der Waals surface area contributed by atoms with Crippen molar-refractivity contribution in [3.05, 3.63) is 71.7 Å². The van der Waals surface area contributed by atoms with Gasteiger partial charge in [0.2, 0.25) is 0 Å². The summed E-state index contributed by atoms with van der Waals surface area (Å²) in [5, 5.41) is 7.80. The summed E-state index contributed by atoms with van der Waals surface area (Å²) in [7, 11) is 1.93. The van der Waals surface area contributed by atoms with E-state index in [1.807, 2.05) is 37.4 Å². The molecule has 1 amide bonds. The Morgan fingerprint density at radius 2 is 2.10 bits per heavy atom. The van der Waals surface area contributed by atoms with Gasteiger partial charge in [-0.3, -0.25) is 4.79 Å². The molecule has 0 aliphatic heterocycles. The van der Waals surface area contributed by atoms with Gasteiger partial charge in [-0.25, -0.2) is 0 Å². The Labute approximate surface area is 179 Å². The van der Waals surface area contributed by atoms with Crippen molar-refractivity contribution in [1.82, 2.24) is 15.6 Å². The van der Waals surface area contributed by atoms with Crippen molar-refractivity contribution in [2.45, 2.75) is 25.3 Å². The predicted molar refractivity (Wildman–Crippen MR) is 118 cm³/mol. The molecule has 30 heavy (non-hydrogen) atoms. The van der Waals surface area contributed by atoms with Crippen molar-refractivity contribution in [3.8, 4) is 11.1 Å². The average molecular weight is 426 g/mol. The lowest BCUT2D eigenvalue weighted by Crippen LogP contribution is -2.25. The molecule has 0 fully saturated rings. The van der Waals surface area contributed by atoms with Gasteiger partial charge in [-0.15, -0.1) is 0 Å². The molecule has 6 nitrogen and oxygen atoms in total. The van der Waals surface area contributed by atoms with Crippen LogP contribution in [0, 0.1) is 0 Å². The van der Waals surface area contributed by atoms with Crippen molar-refractivity contribution in [2.24, 2.45) is 0 Å². The molecule has 1 unspecified atom stereocenters. The number of rotatable bonds is 9. The maximum atomic E-state index is 12.9. The number of hydrogen-bond acceptors (Lipinski definition) is 4. The number of unbranched alkanes of at least 4 members (excludes halogenated alkanes) is 1. The molecule has 3 N–H and O–H groups in total. The van der Waals surface area contributed by atoms with E-state index in [9.17, 15) is 4.79 Å². The van der Waals surface area contributed by atoms with E-state index in [1.165, 1.54) is 0 Å². The predicted octanol–water partition coefficient (Wildman–Crippen LogP) is 5.54. The van der Waals surface area contributed by atoms with E-state index < -0.39 is 0 Å². The molecule has 0 saturated heterocycles. The van der Waals surface area contributed by atoms with Gasteiger partial charge in [-0.1, -0.05) is 11.6 Å². The quantitative estimate of drug-likeness (QED) is 0.308. The van der Waals surface area contributed by atoms with E-state index in [4.69, 9.17) is 20.4 Å². The van der Waals surface area contributed by atoms with Crippen molar-refractivity contribution < 1.29 is 13.6 Å². The topological polar surface area (TPSA) is 83.2 Å². The van der Waals surface area contributed by atoms with Crippen molar-refractivity contribution in [1.29, 1.82) is 0 Å². The van der Waals surface area contributed by atoms with Crippen molar-refractivity contribution >= 4 is 28.4 Å². The van der Waals surface area contributed by atoms with Crippen LogP contribution < -0.4 is 10.6 Å². The number of carbonyl (C=O) groups excluding carboxylic acids is 1. The van der Waals surface area contributed by atoms with Gasteiger partial charge in [-0.05, 0) is 62.7 Å². The van der Waals surface area contributed by atoms with E-state index in [1.54, 1.807) is 24.9 Å². The van der Waals surface area contributed by atoms with E-state index in [2.05, 4.69) is 15.6 Å². The zero-order valence-electron chi connectivity index (χ0n) is 16.7. The highest BCUT2D eigenvalue weighted by Crippen LogP contribution is 2.34. The molecule has 1 atom stereocenters. The highest BCUT2D eigenvalue weighted by atomic mass is 35.5. The molecule has 3 aromatic heterocycles. The molecule has 0 radical (unpaired) electrons. The first-order valence-corrected chi connectivity index (χ1v) is 10.4. The third-order valence-electron chi connectivity index (χ3n) is 5.24. The fourth-order valence-corrected chi connectivity index (χ4v) is 3.90. The number of aromatic nitrogens is 1. The second-order valence-electron chi connectivity index (χ2n) is 7.19. The largest absolute Gasteiger partial charge is 0.472 e. The smallest absolute Gasteiger partial charge is 0.268 e. The van der Waals surface area contributed by atoms with Crippen LogP contribution in [0.3, 0.4) is 0 Å². The van der Waals surface area contributed by atoms with E-state index in [-0.39, 0.29) is 11.9 Å². The number of furan rings is 2. The van der Waals surface area contributed by atoms with Gasteiger partial charge in [0.25, 0.3) is 5.91 Å². The van der Waals surface area contributed by atoms with Gasteiger partial charge in [0.1, 0.15) is 11.5 Å². The van der Waals surface area contributed by atoms with Crippen LogP contribution in [0.4, 0.5) is 0 Å². The summed E-state index contributed by atoms with van der Waals surface area (Å²) in [4.78, 5) is 16.2. The molecule has 3 heterocycles. The Hall–Kier alpha value is -2.96. The first kappa shape index (κ1) is 20.3. The molecule has 4 aromatic rings. The van der Waals surface area contributed by atoms with Gasteiger partial charge in [-0.2, -0.15) is 0 Å². The van der Waals surface area contributed by atoms with Crippen molar-refractivity contribution in [3.63, 3.8) is 0 Å². The zero-order chi connectivity index (χ0) is 20.9. The first-order valence-electron chi connectivity index (χ1n) is 10.00. The second kappa shape index (κ2) is 9.24. The molecule has 156 valence electrons. The summed E-state index contributed by atoms with van der Waals surface area (Å²) in [6.07, 6.45) is 7.68. The highest BCUT2D eigenvalue weighted by molar-refractivity contribution is 6.31. The molecule has 0 spiro atoms. The Morgan fingerprint density at radius 3 is 2.83 bits per heavy atom. The Balaban J connectivity index is 1.41. The standard InChI is InChI=1S/C23H24ClN3O3/c1-25-19(20-6-4-11-30-20)5-2-3-10-26-23(28)22-21(15-9-12-29-14-15)17-13-16(24)7-8-18(17)27-22/h4,6-9,11-14,19,25,27H,2-3,5,10H2,1H3,(H,26,28). The molecule has 1 aromatic carbocycles. The SMILES string of the molecule is CNC(CCCCNC(=O)c1[nH]c2ccc(Cl)cc2c1-c1ccoc1)c1ccco1. The summed E-state index contributed by atoms with van der Waals surface area (Å²) < 4.78 is 10.7. The Kier molecular flexibility index (Phi) is 6.26. The van der Waals surface area contributed by atoms with Gasteiger partial charge >= 0.3 is 0 Å². The minimum atomic E-state index is -0.144. The van der Waals surface area contributed by atoms with Crippen LogP contribution in [0.2, 0.25) is 5.02 Å². The maximum Gasteiger partial charge on any atom is 0.268 e. The third kappa shape index (κ3) is 4.30. The summed E-state index contributed by atoms with van der Waals surface area (Å²) in [6.45, 7) is 0.592. The number of halogens is 1.